The van der Waals surface area contributed by atoms with Crippen LogP contribution in [0.3, 0.4) is 0 Å². The van der Waals surface area contributed by atoms with Crippen LogP contribution < -0.4 is 0 Å². The van der Waals surface area contributed by atoms with Gasteiger partial charge in [0.15, 0.2) is 5.69 Å². The number of aryl methyl sites for hydroxylation is 1. The third kappa shape index (κ3) is 3.19. The molecule has 0 N–H and O–H groups in total. The third-order valence-electron chi connectivity index (χ3n) is 2.99. The highest BCUT2D eigenvalue weighted by Gasteiger charge is 2.20. The number of thiophene rings is 1. The van der Waals surface area contributed by atoms with E-state index in [4.69, 9.17) is 4.42 Å². The van der Waals surface area contributed by atoms with Gasteiger partial charge in [-0.1, -0.05) is 11.3 Å². The third-order valence-corrected chi connectivity index (χ3v) is 3.85. The summed E-state index contributed by atoms with van der Waals surface area (Å²) in [6, 6.07) is 5.84. The molecule has 3 aromatic rings. The van der Waals surface area contributed by atoms with Crippen LogP contribution in [0.4, 0.5) is 0 Å². The van der Waals surface area contributed by atoms with Crippen molar-refractivity contribution in [3.05, 3.63) is 58.4 Å². The van der Waals surface area contributed by atoms with Gasteiger partial charge in [0.05, 0.1) is 25.3 Å². The van der Waals surface area contributed by atoms with Crippen LogP contribution in [-0.2, 0) is 20.1 Å². The van der Waals surface area contributed by atoms with Crippen molar-refractivity contribution in [3.8, 4) is 0 Å². The van der Waals surface area contributed by atoms with E-state index in [0.29, 0.717) is 18.8 Å². The Morgan fingerprint density at radius 2 is 2.33 bits per heavy atom. The standard InChI is InChI=1S/C14H14N4O2S/c1-17-9-13(15-16-17)14(19)18(7-11-4-5-20-10-11)8-12-3-2-6-21-12/h2-6,9-10H,7-8H2,1H3. The predicted octanol–water partition coefficient (Wildman–Crippen LogP) is 2.31. The van der Waals surface area contributed by atoms with E-state index >= 15 is 0 Å². The first kappa shape index (κ1) is 13.6. The number of nitrogens with zero attached hydrogens (tertiary/aromatic N) is 4. The van der Waals surface area contributed by atoms with Gasteiger partial charge in [-0.25, -0.2) is 0 Å². The van der Waals surface area contributed by atoms with Gasteiger partial charge in [0.1, 0.15) is 0 Å². The van der Waals surface area contributed by atoms with Gasteiger partial charge in [0.2, 0.25) is 0 Å². The highest BCUT2D eigenvalue weighted by atomic mass is 32.1. The second-order valence-corrected chi connectivity index (χ2v) is 5.68. The molecule has 0 aromatic carbocycles. The average Bonchev–Trinajstić information content (AvgIpc) is 3.19. The molecule has 3 rings (SSSR count). The zero-order valence-electron chi connectivity index (χ0n) is 11.5. The molecule has 0 bridgehead atoms. The fourth-order valence-corrected chi connectivity index (χ4v) is 2.72. The number of carbonyl (C=O) groups is 1. The maximum absolute atomic E-state index is 12.6. The summed E-state index contributed by atoms with van der Waals surface area (Å²) >= 11 is 1.62. The Hall–Kier alpha value is -2.41. The number of aromatic nitrogens is 3. The molecule has 0 aliphatic heterocycles. The lowest BCUT2D eigenvalue weighted by Gasteiger charge is -2.20. The Labute approximate surface area is 125 Å². The number of rotatable bonds is 5. The molecule has 0 unspecified atom stereocenters. The van der Waals surface area contributed by atoms with Gasteiger partial charge in [-0.2, -0.15) is 0 Å². The van der Waals surface area contributed by atoms with Crippen LogP contribution in [-0.4, -0.2) is 25.8 Å². The molecule has 3 heterocycles. The molecule has 21 heavy (non-hydrogen) atoms. The number of furan rings is 1. The van der Waals surface area contributed by atoms with E-state index in [1.165, 1.54) is 4.68 Å². The van der Waals surface area contributed by atoms with E-state index in [9.17, 15) is 4.79 Å². The van der Waals surface area contributed by atoms with Crippen molar-refractivity contribution >= 4 is 17.2 Å². The second kappa shape index (κ2) is 5.92. The normalized spacial score (nSPS) is 10.7. The van der Waals surface area contributed by atoms with Crippen LogP contribution in [0, 0.1) is 0 Å². The smallest absolute Gasteiger partial charge is 0.276 e. The first-order valence-electron chi connectivity index (χ1n) is 6.41. The summed E-state index contributed by atoms with van der Waals surface area (Å²) in [6.45, 7) is 1.02. The number of hydrogen-bond donors (Lipinski definition) is 0. The number of hydrogen-bond acceptors (Lipinski definition) is 5. The molecule has 0 saturated heterocycles. The molecule has 0 radical (unpaired) electrons. The van der Waals surface area contributed by atoms with Crippen LogP contribution in [0.5, 0.6) is 0 Å². The summed E-state index contributed by atoms with van der Waals surface area (Å²) < 4.78 is 6.59. The van der Waals surface area contributed by atoms with Gasteiger partial charge in [0.25, 0.3) is 5.91 Å². The fraction of sp³-hybridized carbons (Fsp3) is 0.214. The molecule has 0 fully saturated rings. The zero-order chi connectivity index (χ0) is 14.7. The van der Waals surface area contributed by atoms with Gasteiger partial charge < -0.3 is 9.32 Å². The van der Waals surface area contributed by atoms with Gasteiger partial charge in [-0.15, -0.1) is 16.4 Å². The van der Waals surface area contributed by atoms with E-state index in [2.05, 4.69) is 10.3 Å². The van der Waals surface area contributed by atoms with Gasteiger partial charge >= 0.3 is 0 Å². The highest BCUT2D eigenvalue weighted by molar-refractivity contribution is 7.09. The second-order valence-electron chi connectivity index (χ2n) is 4.65. The highest BCUT2D eigenvalue weighted by Crippen LogP contribution is 2.16. The summed E-state index contributed by atoms with van der Waals surface area (Å²) in [6.07, 6.45) is 4.87. The molecule has 0 atom stereocenters. The quantitative estimate of drug-likeness (QED) is 0.725. The van der Waals surface area contributed by atoms with Crippen molar-refractivity contribution in [2.24, 2.45) is 7.05 Å². The Balaban J connectivity index is 1.82. The first-order valence-corrected chi connectivity index (χ1v) is 7.29. The summed E-state index contributed by atoms with van der Waals surface area (Å²) in [4.78, 5) is 15.5. The van der Waals surface area contributed by atoms with E-state index in [1.807, 2.05) is 23.6 Å². The van der Waals surface area contributed by atoms with E-state index in [1.54, 1.807) is 42.0 Å². The SMILES string of the molecule is Cn1cc(C(=O)N(Cc2ccoc2)Cc2cccs2)nn1. The maximum atomic E-state index is 12.6. The lowest BCUT2D eigenvalue weighted by Crippen LogP contribution is -2.30. The van der Waals surface area contributed by atoms with Crippen molar-refractivity contribution in [1.29, 1.82) is 0 Å². The van der Waals surface area contributed by atoms with Gasteiger partial charge in [-0.05, 0) is 17.5 Å². The molecule has 108 valence electrons. The Morgan fingerprint density at radius 1 is 1.43 bits per heavy atom. The van der Waals surface area contributed by atoms with Crippen LogP contribution in [0.15, 0.2) is 46.7 Å². The van der Waals surface area contributed by atoms with Crippen molar-refractivity contribution in [3.63, 3.8) is 0 Å². The van der Waals surface area contributed by atoms with E-state index < -0.39 is 0 Å². The molecule has 0 spiro atoms. The topological polar surface area (TPSA) is 64.2 Å². The molecule has 0 aliphatic rings. The minimum Gasteiger partial charge on any atom is -0.472 e. The van der Waals surface area contributed by atoms with Gasteiger partial charge in [-0.3, -0.25) is 9.48 Å². The number of amides is 1. The predicted molar refractivity (Wildman–Crippen MR) is 77.6 cm³/mol. The fourth-order valence-electron chi connectivity index (χ4n) is 2.00. The minimum atomic E-state index is -0.141. The molecule has 0 aliphatic carbocycles. The summed E-state index contributed by atoms with van der Waals surface area (Å²) in [7, 11) is 1.74. The summed E-state index contributed by atoms with van der Waals surface area (Å²) in [5.41, 5.74) is 1.29. The van der Waals surface area contributed by atoms with Crippen LogP contribution >= 0.6 is 11.3 Å². The van der Waals surface area contributed by atoms with Crippen molar-refractivity contribution in [2.45, 2.75) is 13.1 Å². The molecular formula is C14H14N4O2S. The monoisotopic (exact) mass is 302 g/mol. The average molecular weight is 302 g/mol. The zero-order valence-corrected chi connectivity index (χ0v) is 12.3. The van der Waals surface area contributed by atoms with Crippen molar-refractivity contribution in [2.75, 3.05) is 0 Å². The Bertz CT molecular complexity index is 667. The lowest BCUT2D eigenvalue weighted by atomic mass is 10.2. The Kier molecular flexibility index (Phi) is 3.83. The number of carbonyl (C=O) groups excluding carboxylic acids is 1. The largest absolute Gasteiger partial charge is 0.472 e. The molecule has 6 nitrogen and oxygen atoms in total. The van der Waals surface area contributed by atoms with E-state index in [0.717, 1.165) is 10.4 Å². The summed E-state index contributed by atoms with van der Waals surface area (Å²) in [5.74, 6) is -0.141. The maximum Gasteiger partial charge on any atom is 0.276 e. The van der Waals surface area contributed by atoms with Gasteiger partial charge in [0, 0.05) is 24.0 Å². The van der Waals surface area contributed by atoms with Crippen molar-refractivity contribution in [1.82, 2.24) is 19.9 Å². The first-order chi connectivity index (χ1) is 10.2. The molecule has 0 saturated carbocycles. The molecule has 1 amide bonds. The Morgan fingerprint density at radius 3 is 2.95 bits per heavy atom. The van der Waals surface area contributed by atoms with Crippen LogP contribution in [0.25, 0.3) is 0 Å². The van der Waals surface area contributed by atoms with Crippen LogP contribution in [0.1, 0.15) is 20.9 Å². The van der Waals surface area contributed by atoms with Crippen LogP contribution in [0.2, 0.25) is 0 Å². The van der Waals surface area contributed by atoms with Crippen molar-refractivity contribution < 1.29 is 9.21 Å². The minimum absolute atomic E-state index is 0.141. The van der Waals surface area contributed by atoms with E-state index in [-0.39, 0.29) is 5.91 Å². The summed E-state index contributed by atoms with van der Waals surface area (Å²) in [5, 5.41) is 9.71. The lowest BCUT2D eigenvalue weighted by molar-refractivity contribution is 0.0725. The molecule has 7 heteroatoms. The molecular weight excluding hydrogens is 288 g/mol. The molecule has 3 aromatic heterocycles.